The lowest BCUT2D eigenvalue weighted by Crippen LogP contribution is -2.27. The molecule has 1 saturated heterocycles. The fraction of sp³-hybridized carbons (Fsp3) is 0.462. The molecule has 1 aliphatic heterocycles. The highest BCUT2D eigenvalue weighted by molar-refractivity contribution is 9.10. The largest absolute Gasteiger partial charge is 0.381 e. The van der Waals surface area contributed by atoms with E-state index in [9.17, 15) is 13.6 Å². The van der Waals surface area contributed by atoms with Crippen LogP contribution in [-0.4, -0.2) is 19.0 Å². The molecule has 1 unspecified atom stereocenters. The topological polar surface area (TPSA) is 26.3 Å². The number of halogens is 3. The van der Waals surface area contributed by atoms with Gasteiger partial charge in [0.25, 0.3) is 0 Å². The van der Waals surface area contributed by atoms with Crippen molar-refractivity contribution < 1.29 is 18.3 Å². The molecule has 5 heteroatoms. The molecule has 0 spiro atoms. The summed E-state index contributed by atoms with van der Waals surface area (Å²) in [6.45, 7) is 1.01. The average molecular weight is 319 g/mol. The Morgan fingerprint density at radius 3 is 2.89 bits per heavy atom. The molecule has 0 radical (unpaired) electrons. The van der Waals surface area contributed by atoms with Gasteiger partial charge in [0.2, 0.25) is 0 Å². The van der Waals surface area contributed by atoms with Crippen molar-refractivity contribution >= 4 is 21.7 Å². The zero-order chi connectivity index (χ0) is 13.1. The van der Waals surface area contributed by atoms with E-state index in [0.29, 0.717) is 13.2 Å². The minimum atomic E-state index is -0.694. The average Bonchev–Trinajstić information content (AvgIpc) is 2.40. The molecule has 2 nitrogen and oxygen atoms in total. The first kappa shape index (κ1) is 13.6. The lowest BCUT2D eigenvalue weighted by Gasteiger charge is -2.21. The smallest absolute Gasteiger partial charge is 0.143 e. The minimum absolute atomic E-state index is 0.161. The molecule has 0 bridgehead atoms. The molecule has 18 heavy (non-hydrogen) atoms. The van der Waals surface area contributed by atoms with E-state index in [4.69, 9.17) is 4.74 Å². The Labute approximate surface area is 112 Å². The molecule has 0 saturated carbocycles. The second kappa shape index (κ2) is 5.89. The lowest BCUT2D eigenvalue weighted by molar-refractivity contribution is -0.126. The molecule has 0 aromatic heterocycles. The highest BCUT2D eigenvalue weighted by Gasteiger charge is 2.24. The molecule has 98 valence electrons. The summed E-state index contributed by atoms with van der Waals surface area (Å²) in [5.74, 6) is -1.78. The van der Waals surface area contributed by atoms with Crippen LogP contribution in [0, 0.1) is 17.6 Å². The number of ketones is 1. The van der Waals surface area contributed by atoms with E-state index in [1.165, 1.54) is 6.07 Å². The number of hydrogen-bond donors (Lipinski definition) is 0. The van der Waals surface area contributed by atoms with E-state index in [-0.39, 0.29) is 28.2 Å². The molecular weight excluding hydrogens is 306 g/mol. The van der Waals surface area contributed by atoms with E-state index in [2.05, 4.69) is 15.9 Å². The van der Waals surface area contributed by atoms with Crippen molar-refractivity contribution in [1.82, 2.24) is 0 Å². The Balaban J connectivity index is 2.13. The van der Waals surface area contributed by atoms with Crippen LogP contribution in [0.15, 0.2) is 16.6 Å². The first-order valence-electron chi connectivity index (χ1n) is 5.82. The zero-order valence-electron chi connectivity index (χ0n) is 9.72. The maximum absolute atomic E-state index is 13.7. The first-order valence-corrected chi connectivity index (χ1v) is 6.61. The number of carbonyl (C=O) groups excluding carboxylic acids is 1. The zero-order valence-corrected chi connectivity index (χ0v) is 11.3. The fourth-order valence-corrected chi connectivity index (χ4v) is 2.42. The summed E-state index contributed by atoms with van der Waals surface area (Å²) in [5.41, 5.74) is -0.167. The van der Waals surface area contributed by atoms with Crippen LogP contribution in [0.4, 0.5) is 8.78 Å². The number of ether oxygens (including phenoxy) is 1. The maximum Gasteiger partial charge on any atom is 0.143 e. The Morgan fingerprint density at radius 1 is 1.44 bits per heavy atom. The second-order valence-electron chi connectivity index (χ2n) is 4.38. The standard InChI is InChI=1S/C13H13BrF2O2/c14-10-3-4-11(15)9(13(10)16)6-12(17)8-2-1-5-18-7-8/h3-4,8H,1-2,5-7H2. The quantitative estimate of drug-likeness (QED) is 0.800. The van der Waals surface area contributed by atoms with Crippen LogP contribution in [0.5, 0.6) is 0 Å². The molecule has 1 heterocycles. The van der Waals surface area contributed by atoms with Gasteiger partial charge in [0.05, 0.1) is 11.1 Å². The van der Waals surface area contributed by atoms with E-state index < -0.39 is 11.6 Å². The molecule has 1 fully saturated rings. The molecule has 1 aromatic carbocycles. The summed E-state index contributed by atoms with van der Waals surface area (Å²) in [6, 6.07) is 2.45. The van der Waals surface area contributed by atoms with Crippen molar-refractivity contribution in [2.75, 3.05) is 13.2 Å². The summed E-state index contributed by atoms with van der Waals surface area (Å²) >= 11 is 2.99. The van der Waals surface area contributed by atoms with Gasteiger partial charge in [0.1, 0.15) is 17.4 Å². The van der Waals surface area contributed by atoms with Crippen LogP contribution in [0.1, 0.15) is 18.4 Å². The van der Waals surface area contributed by atoms with Crippen molar-refractivity contribution in [2.45, 2.75) is 19.3 Å². The van der Waals surface area contributed by atoms with Gasteiger partial charge in [-0.05, 0) is 40.9 Å². The summed E-state index contributed by atoms with van der Waals surface area (Å²) < 4.78 is 32.6. The van der Waals surface area contributed by atoms with Crippen molar-refractivity contribution in [1.29, 1.82) is 0 Å². The van der Waals surface area contributed by atoms with Crippen LogP contribution in [-0.2, 0) is 16.0 Å². The Morgan fingerprint density at radius 2 is 2.22 bits per heavy atom. The highest BCUT2D eigenvalue weighted by atomic mass is 79.9. The SMILES string of the molecule is O=C(Cc1c(F)ccc(Br)c1F)C1CCCOC1. The molecule has 2 rings (SSSR count). The van der Waals surface area contributed by atoms with Crippen LogP contribution in [0.25, 0.3) is 0 Å². The molecule has 1 aliphatic rings. The molecular formula is C13H13BrF2O2. The van der Waals surface area contributed by atoms with Crippen molar-refractivity contribution in [3.8, 4) is 0 Å². The minimum Gasteiger partial charge on any atom is -0.381 e. The van der Waals surface area contributed by atoms with E-state index in [0.717, 1.165) is 18.9 Å². The van der Waals surface area contributed by atoms with Gasteiger partial charge >= 0.3 is 0 Å². The number of benzene rings is 1. The first-order chi connectivity index (χ1) is 8.59. The molecule has 0 N–H and O–H groups in total. The van der Waals surface area contributed by atoms with Crippen molar-refractivity contribution in [3.63, 3.8) is 0 Å². The van der Waals surface area contributed by atoms with Crippen LogP contribution in [0.3, 0.4) is 0 Å². The molecule has 1 atom stereocenters. The summed E-state index contributed by atoms with van der Waals surface area (Å²) in [6.07, 6.45) is 1.33. The second-order valence-corrected chi connectivity index (χ2v) is 5.23. The fourth-order valence-electron chi connectivity index (χ4n) is 2.04. The normalized spacial score (nSPS) is 19.8. The van der Waals surface area contributed by atoms with Gasteiger partial charge in [-0.15, -0.1) is 0 Å². The van der Waals surface area contributed by atoms with Crippen LogP contribution in [0.2, 0.25) is 0 Å². The predicted octanol–water partition coefficient (Wildman–Crippen LogP) is 3.27. The predicted molar refractivity (Wildman–Crippen MR) is 66.3 cm³/mol. The van der Waals surface area contributed by atoms with Gasteiger partial charge in [-0.3, -0.25) is 4.79 Å². The summed E-state index contributed by atoms with van der Waals surface area (Å²) in [5, 5.41) is 0. The van der Waals surface area contributed by atoms with Crippen molar-refractivity contribution in [2.24, 2.45) is 5.92 Å². The highest BCUT2D eigenvalue weighted by Crippen LogP contribution is 2.24. The Kier molecular flexibility index (Phi) is 4.45. The summed E-state index contributed by atoms with van der Waals surface area (Å²) in [4.78, 5) is 12.0. The van der Waals surface area contributed by atoms with Crippen molar-refractivity contribution in [3.05, 3.63) is 33.8 Å². The Hall–Kier alpha value is -0.810. The number of hydrogen-bond acceptors (Lipinski definition) is 2. The molecule has 0 aliphatic carbocycles. The number of carbonyl (C=O) groups is 1. The number of rotatable bonds is 3. The Bertz CT molecular complexity index is 457. The summed E-state index contributed by atoms with van der Waals surface area (Å²) in [7, 11) is 0. The maximum atomic E-state index is 13.7. The van der Waals surface area contributed by atoms with E-state index >= 15 is 0 Å². The van der Waals surface area contributed by atoms with Gasteiger partial charge in [-0.25, -0.2) is 8.78 Å². The molecule has 0 amide bonds. The van der Waals surface area contributed by atoms with Crippen LogP contribution >= 0.6 is 15.9 Å². The monoisotopic (exact) mass is 318 g/mol. The third-order valence-electron chi connectivity index (χ3n) is 3.11. The van der Waals surface area contributed by atoms with E-state index in [1.807, 2.05) is 0 Å². The van der Waals surface area contributed by atoms with Gasteiger partial charge in [-0.2, -0.15) is 0 Å². The lowest BCUT2D eigenvalue weighted by atomic mass is 9.93. The van der Waals surface area contributed by atoms with Gasteiger partial charge in [0, 0.05) is 24.5 Å². The van der Waals surface area contributed by atoms with Gasteiger partial charge in [-0.1, -0.05) is 0 Å². The van der Waals surface area contributed by atoms with Gasteiger partial charge in [0.15, 0.2) is 0 Å². The third-order valence-corrected chi connectivity index (χ3v) is 3.72. The molecule has 1 aromatic rings. The number of Topliss-reactive ketones (excluding diaryl/α,β-unsaturated/α-hetero) is 1. The van der Waals surface area contributed by atoms with Gasteiger partial charge < -0.3 is 4.74 Å². The van der Waals surface area contributed by atoms with E-state index in [1.54, 1.807) is 0 Å². The van der Waals surface area contributed by atoms with Crippen LogP contribution < -0.4 is 0 Å². The third kappa shape index (κ3) is 2.95.